The van der Waals surface area contributed by atoms with Crippen molar-refractivity contribution in [3.63, 3.8) is 0 Å². The van der Waals surface area contributed by atoms with Gasteiger partial charge in [-0.25, -0.2) is 0 Å². The lowest BCUT2D eigenvalue weighted by atomic mass is 10.1. The fraction of sp³-hybridized carbons (Fsp3) is 0.333. The maximum absolute atomic E-state index is 10.5. The van der Waals surface area contributed by atoms with E-state index < -0.39 is 6.10 Å². The van der Waals surface area contributed by atoms with Gasteiger partial charge >= 0.3 is 0 Å². The largest absolute Gasteiger partial charge is 0.491 e. The Hall–Kier alpha value is -2.82. The fourth-order valence-corrected chi connectivity index (χ4v) is 4.21. The van der Waals surface area contributed by atoms with Crippen LogP contribution in [0.4, 0.5) is 5.69 Å². The second-order valence-corrected chi connectivity index (χ2v) is 8.13. The fourth-order valence-electron chi connectivity index (χ4n) is 4.21. The number of nitrogens with zero attached hydrogens (tertiary/aromatic N) is 2. The summed E-state index contributed by atoms with van der Waals surface area (Å²) >= 11 is 0. The van der Waals surface area contributed by atoms with Gasteiger partial charge in [-0.15, -0.1) is 0 Å². The molecule has 1 fully saturated rings. The summed E-state index contributed by atoms with van der Waals surface area (Å²) in [6.45, 7) is 7.06. The number of piperazine rings is 1. The Bertz CT molecular complexity index is 935. The van der Waals surface area contributed by atoms with Crippen LogP contribution in [0.3, 0.4) is 0 Å². The van der Waals surface area contributed by atoms with Crippen molar-refractivity contribution in [3.05, 3.63) is 84.4 Å². The third kappa shape index (κ3) is 5.66. The highest BCUT2D eigenvalue weighted by Gasteiger charge is 2.20. The molecular weight excluding hydrogens is 384 g/mol. The number of aliphatic hydroxyl groups excluding tert-OH is 1. The average molecular weight is 417 g/mol. The molecule has 0 radical (unpaired) electrons. The zero-order valence-corrected chi connectivity index (χ0v) is 18.3. The van der Waals surface area contributed by atoms with Gasteiger partial charge in [0.25, 0.3) is 0 Å². The van der Waals surface area contributed by atoms with E-state index in [1.54, 1.807) is 0 Å². The Morgan fingerprint density at radius 1 is 0.806 bits per heavy atom. The van der Waals surface area contributed by atoms with Gasteiger partial charge in [-0.05, 0) is 41.3 Å². The number of β-amino-alcohol motifs (C(OH)–C–C–N with tert-alkyl or cyclic N) is 1. The Morgan fingerprint density at radius 2 is 1.45 bits per heavy atom. The quantitative estimate of drug-likeness (QED) is 0.587. The summed E-state index contributed by atoms with van der Waals surface area (Å²) in [5.74, 6) is 0.791. The van der Waals surface area contributed by atoms with Crippen LogP contribution < -0.4 is 9.64 Å². The predicted molar refractivity (Wildman–Crippen MR) is 128 cm³/mol. The average Bonchev–Trinajstić information content (AvgIpc) is 2.84. The van der Waals surface area contributed by atoms with E-state index in [0.29, 0.717) is 13.2 Å². The molecule has 162 valence electrons. The van der Waals surface area contributed by atoms with E-state index in [1.807, 2.05) is 30.3 Å². The predicted octanol–water partition coefficient (Wildman–Crippen LogP) is 4.48. The minimum Gasteiger partial charge on any atom is -0.491 e. The maximum Gasteiger partial charge on any atom is 0.119 e. The number of aliphatic hydroxyl groups is 1. The van der Waals surface area contributed by atoms with Crippen molar-refractivity contribution in [2.75, 3.05) is 44.2 Å². The highest BCUT2D eigenvalue weighted by molar-refractivity contribution is 5.63. The Balaban J connectivity index is 1.22. The molecule has 1 saturated heterocycles. The van der Waals surface area contributed by atoms with Gasteiger partial charge in [0.1, 0.15) is 18.5 Å². The van der Waals surface area contributed by atoms with Crippen molar-refractivity contribution in [2.24, 2.45) is 0 Å². The number of benzene rings is 3. The molecule has 0 spiro atoms. The first-order valence-electron chi connectivity index (χ1n) is 11.2. The molecule has 1 aliphatic rings. The molecule has 1 atom stereocenters. The van der Waals surface area contributed by atoms with Crippen LogP contribution in [0, 0.1) is 0 Å². The minimum atomic E-state index is -0.497. The molecule has 3 aromatic rings. The van der Waals surface area contributed by atoms with Crippen LogP contribution in [0.1, 0.15) is 12.5 Å². The van der Waals surface area contributed by atoms with Crippen LogP contribution in [-0.4, -0.2) is 55.4 Å². The third-order valence-electron chi connectivity index (χ3n) is 5.96. The van der Waals surface area contributed by atoms with E-state index in [1.165, 1.54) is 16.8 Å². The molecule has 4 nitrogen and oxygen atoms in total. The van der Waals surface area contributed by atoms with Gasteiger partial charge in [-0.3, -0.25) is 4.90 Å². The highest BCUT2D eigenvalue weighted by atomic mass is 16.5. The summed E-state index contributed by atoms with van der Waals surface area (Å²) in [4.78, 5) is 4.80. The van der Waals surface area contributed by atoms with Crippen molar-refractivity contribution in [2.45, 2.75) is 19.4 Å². The van der Waals surface area contributed by atoms with Gasteiger partial charge in [-0.2, -0.15) is 0 Å². The monoisotopic (exact) mass is 416 g/mol. The molecule has 0 bridgehead atoms. The standard InChI is InChI=1S/C27H32N2O2/c1-2-22-8-6-7-11-27(22)29-18-16-28(17-19-29)20-25(30)21-31-26-14-12-24(13-15-26)23-9-4-3-5-10-23/h3-15,25,30H,2,16-21H2,1H3/t25-/m0/s1. The lowest BCUT2D eigenvalue weighted by Crippen LogP contribution is -2.49. The summed E-state index contributed by atoms with van der Waals surface area (Å²) < 4.78 is 5.83. The molecule has 1 N–H and O–H groups in total. The molecule has 4 heteroatoms. The van der Waals surface area contributed by atoms with Gasteiger partial charge in [0.2, 0.25) is 0 Å². The number of rotatable bonds is 8. The van der Waals surface area contributed by atoms with Gasteiger partial charge in [0.05, 0.1) is 0 Å². The molecule has 0 aromatic heterocycles. The molecule has 0 unspecified atom stereocenters. The van der Waals surface area contributed by atoms with E-state index >= 15 is 0 Å². The first-order chi connectivity index (χ1) is 15.2. The summed E-state index contributed by atoms with van der Waals surface area (Å²) in [6, 6.07) is 27.0. The topological polar surface area (TPSA) is 35.9 Å². The van der Waals surface area contributed by atoms with Gasteiger partial charge in [-0.1, -0.05) is 67.6 Å². The van der Waals surface area contributed by atoms with Gasteiger partial charge < -0.3 is 14.7 Å². The van der Waals surface area contributed by atoms with Gasteiger partial charge in [0.15, 0.2) is 0 Å². The van der Waals surface area contributed by atoms with E-state index in [9.17, 15) is 5.11 Å². The second kappa shape index (κ2) is 10.5. The molecule has 3 aromatic carbocycles. The Kier molecular flexibility index (Phi) is 7.23. The van der Waals surface area contributed by atoms with E-state index in [4.69, 9.17) is 4.74 Å². The molecule has 0 amide bonds. The molecule has 0 saturated carbocycles. The minimum absolute atomic E-state index is 0.309. The molecule has 31 heavy (non-hydrogen) atoms. The van der Waals surface area contributed by atoms with Gasteiger partial charge in [0, 0.05) is 38.4 Å². The summed E-state index contributed by atoms with van der Waals surface area (Å²) in [6.07, 6.45) is 0.557. The molecule has 1 aliphatic heterocycles. The lowest BCUT2D eigenvalue weighted by Gasteiger charge is -2.37. The van der Waals surface area contributed by atoms with Crippen LogP contribution in [0.2, 0.25) is 0 Å². The maximum atomic E-state index is 10.5. The highest BCUT2D eigenvalue weighted by Crippen LogP contribution is 2.23. The van der Waals surface area contributed by atoms with E-state index in [0.717, 1.165) is 43.9 Å². The second-order valence-electron chi connectivity index (χ2n) is 8.13. The number of ether oxygens (including phenoxy) is 1. The smallest absolute Gasteiger partial charge is 0.119 e. The molecule has 4 rings (SSSR count). The normalized spacial score (nSPS) is 15.6. The summed E-state index contributed by atoms with van der Waals surface area (Å²) in [5, 5.41) is 10.5. The summed E-state index contributed by atoms with van der Waals surface area (Å²) in [7, 11) is 0. The molecule has 1 heterocycles. The van der Waals surface area contributed by atoms with Crippen molar-refractivity contribution < 1.29 is 9.84 Å². The van der Waals surface area contributed by atoms with E-state index in [2.05, 4.69) is 65.3 Å². The zero-order chi connectivity index (χ0) is 21.5. The van der Waals surface area contributed by atoms with Crippen molar-refractivity contribution in [1.29, 1.82) is 0 Å². The Labute approximate surface area is 185 Å². The molecular formula is C27H32N2O2. The van der Waals surface area contributed by atoms with Crippen LogP contribution in [0.25, 0.3) is 11.1 Å². The third-order valence-corrected chi connectivity index (χ3v) is 5.96. The Morgan fingerprint density at radius 3 is 2.16 bits per heavy atom. The zero-order valence-electron chi connectivity index (χ0n) is 18.3. The van der Waals surface area contributed by atoms with Crippen LogP contribution in [0.5, 0.6) is 5.75 Å². The number of anilines is 1. The van der Waals surface area contributed by atoms with Crippen molar-refractivity contribution in [1.82, 2.24) is 4.90 Å². The molecule has 0 aliphatic carbocycles. The van der Waals surface area contributed by atoms with Crippen molar-refractivity contribution >= 4 is 5.69 Å². The number of para-hydroxylation sites is 1. The van der Waals surface area contributed by atoms with Crippen LogP contribution in [0.15, 0.2) is 78.9 Å². The van der Waals surface area contributed by atoms with Crippen LogP contribution >= 0.6 is 0 Å². The van der Waals surface area contributed by atoms with E-state index in [-0.39, 0.29) is 0 Å². The summed E-state index contributed by atoms with van der Waals surface area (Å²) in [5.41, 5.74) is 5.11. The first-order valence-corrected chi connectivity index (χ1v) is 11.2. The van der Waals surface area contributed by atoms with Crippen LogP contribution in [-0.2, 0) is 6.42 Å². The number of hydrogen-bond acceptors (Lipinski definition) is 4. The SMILES string of the molecule is CCc1ccccc1N1CCN(C[C@H](O)COc2ccc(-c3ccccc3)cc2)CC1. The first kappa shape index (κ1) is 21.4. The number of aryl methyl sites for hydroxylation is 1. The lowest BCUT2D eigenvalue weighted by molar-refractivity contribution is 0.0663. The number of hydrogen-bond donors (Lipinski definition) is 1. The van der Waals surface area contributed by atoms with Crippen molar-refractivity contribution in [3.8, 4) is 16.9 Å².